The molecule has 0 bridgehead atoms. The predicted molar refractivity (Wildman–Crippen MR) is 99.5 cm³/mol. The lowest BCUT2D eigenvalue weighted by molar-refractivity contribution is -0.131. The summed E-state index contributed by atoms with van der Waals surface area (Å²) in [5, 5.41) is 0. The summed E-state index contributed by atoms with van der Waals surface area (Å²) in [6, 6.07) is 6.91. The molecule has 1 amide bonds. The van der Waals surface area contributed by atoms with Crippen LogP contribution in [0.5, 0.6) is 0 Å². The van der Waals surface area contributed by atoms with Crippen LogP contribution in [0, 0.1) is 0 Å². The fourth-order valence-corrected chi connectivity index (χ4v) is 6.97. The number of carbonyl (C=O) groups excluding carboxylic acids is 1. The van der Waals surface area contributed by atoms with Crippen LogP contribution in [0.1, 0.15) is 24.8 Å². The molecule has 26 heavy (non-hydrogen) atoms. The molecule has 2 aliphatic rings. The van der Waals surface area contributed by atoms with Gasteiger partial charge < -0.3 is 4.90 Å². The fourth-order valence-electron chi connectivity index (χ4n) is 3.81. The Labute approximate surface area is 161 Å². The highest BCUT2D eigenvalue weighted by atomic mass is 35.5. The van der Waals surface area contributed by atoms with Crippen LogP contribution in [-0.2, 0) is 21.4 Å². The van der Waals surface area contributed by atoms with E-state index < -0.39 is 15.6 Å². The highest BCUT2D eigenvalue weighted by Crippen LogP contribution is 2.41. The molecule has 0 aliphatic carbocycles. The number of aromatic nitrogens is 1. The van der Waals surface area contributed by atoms with E-state index in [0.717, 1.165) is 16.9 Å². The molecule has 4 heterocycles. The monoisotopic (exact) mass is 411 g/mol. The van der Waals surface area contributed by atoms with E-state index in [1.807, 2.05) is 17.0 Å². The normalized spacial score (nSPS) is 24.0. The van der Waals surface area contributed by atoms with Gasteiger partial charge in [-0.1, -0.05) is 11.6 Å². The third-order valence-electron chi connectivity index (χ3n) is 5.21. The lowest BCUT2D eigenvalue weighted by Gasteiger charge is -2.35. The number of hydrogen-bond donors (Lipinski definition) is 0. The Morgan fingerprint density at radius 3 is 2.65 bits per heavy atom. The quantitative estimate of drug-likeness (QED) is 0.775. The first-order valence-electron chi connectivity index (χ1n) is 8.36. The van der Waals surface area contributed by atoms with Gasteiger partial charge in [-0.25, -0.2) is 8.42 Å². The molecule has 1 unspecified atom stereocenters. The number of nitrogens with zero attached hydrogens (tertiary/aromatic N) is 3. The molecule has 138 valence electrons. The molecule has 2 aromatic rings. The standard InChI is InChI=1S/C17H18ClN3O3S2/c18-14-1-2-16(25-14)26(23,24)20-10-7-17(12-20)6-3-15(22)21(17)11-13-4-8-19-9-5-13/h1-2,4-5,8-9H,3,6-7,10-12H2. The van der Waals surface area contributed by atoms with E-state index in [2.05, 4.69) is 4.98 Å². The van der Waals surface area contributed by atoms with Gasteiger partial charge in [-0.15, -0.1) is 11.3 Å². The van der Waals surface area contributed by atoms with Gasteiger partial charge in [0.05, 0.1) is 9.88 Å². The topological polar surface area (TPSA) is 70.6 Å². The summed E-state index contributed by atoms with van der Waals surface area (Å²) in [6.45, 7) is 1.24. The number of amides is 1. The third kappa shape index (κ3) is 3.05. The fraction of sp³-hybridized carbons (Fsp3) is 0.412. The van der Waals surface area contributed by atoms with Gasteiger partial charge in [-0.05, 0) is 42.7 Å². The Morgan fingerprint density at radius 2 is 1.96 bits per heavy atom. The zero-order valence-electron chi connectivity index (χ0n) is 14.0. The molecule has 0 saturated carbocycles. The minimum atomic E-state index is -3.58. The molecular weight excluding hydrogens is 394 g/mol. The highest BCUT2D eigenvalue weighted by Gasteiger charge is 2.51. The maximum absolute atomic E-state index is 12.9. The first-order chi connectivity index (χ1) is 12.4. The lowest BCUT2D eigenvalue weighted by atomic mass is 9.95. The van der Waals surface area contributed by atoms with E-state index in [1.54, 1.807) is 24.5 Å². The summed E-state index contributed by atoms with van der Waals surface area (Å²) in [6.07, 6.45) is 5.21. The zero-order valence-corrected chi connectivity index (χ0v) is 16.4. The van der Waals surface area contributed by atoms with Crippen molar-refractivity contribution in [2.45, 2.75) is 35.6 Å². The van der Waals surface area contributed by atoms with Gasteiger partial charge in [-0.3, -0.25) is 9.78 Å². The van der Waals surface area contributed by atoms with Crippen LogP contribution in [0.25, 0.3) is 0 Å². The van der Waals surface area contributed by atoms with Crippen LogP contribution in [0.4, 0.5) is 0 Å². The minimum absolute atomic E-state index is 0.0835. The number of hydrogen-bond acceptors (Lipinski definition) is 5. The Hall–Kier alpha value is -1.48. The molecule has 0 aromatic carbocycles. The van der Waals surface area contributed by atoms with Crippen molar-refractivity contribution in [3.05, 3.63) is 46.6 Å². The summed E-state index contributed by atoms with van der Waals surface area (Å²) in [5.41, 5.74) is 0.579. The molecule has 2 fully saturated rings. The Kier molecular flexibility index (Phi) is 4.54. The molecule has 1 spiro atoms. The summed E-state index contributed by atoms with van der Waals surface area (Å²) in [7, 11) is -3.58. The Bertz CT molecular complexity index is 932. The van der Waals surface area contributed by atoms with Crippen LogP contribution in [0.2, 0.25) is 4.34 Å². The number of rotatable bonds is 4. The molecule has 2 aliphatic heterocycles. The van der Waals surface area contributed by atoms with Crippen molar-refractivity contribution in [2.24, 2.45) is 0 Å². The number of pyridine rings is 1. The first-order valence-corrected chi connectivity index (χ1v) is 11.0. The maximum Gasteiger partial charge on any atom is 0.252 e. The van der Waals surface area contributed by atoms with Gasteiger partial charge in [0.25, 0.3) is 10.0 Å². The second kappa shape index (κ2) is 6.60. The van der Waals surface area contributed by atoms with E-state index in [-0.39, 0.29) is 10.1 Å². The SMILES string of the molecule is O=C1CCC2(CCN(S(=O)(=O)c3ccc(Cl)s3)C2)N1Cc1ccncc1. The van der Waals surface area contributed by atoms with E-state index in [9.17, 15) is 13.2 Å². The number of halogens is 1. The molecule has 6 nitrogen and oxygen atoms in total. The van der Waals surface area contributed by atoms with Crippen molar-refractivity contribution in [2.75, 3.05) is 13.1 Å². The van der Waals surface area contributed by atoms with Gasteiger partial charge in [0.2, 0.25) is 5.91 Å². The van der Waals surface area contributed by atoms with Crippen molar-refractivity contribution < 1.29 is 13.2 Å². The third-order valence-corrected chi connectivity index (χ3v) is 8.75. The van der Waals surface area contributed by atoms with Gasteiger partial charge in [0, 0.05) is 38.4 Å². The molecular formula is C17H18ClN3O3S2. The minimum Gasteiger partial charge on any atom is -0.331 e. The highest BCUT2D eigenvalue weighted by molar-refractivity contribution is 7.91. The number of likely N-dealkylation sites (tertiary alicyclic amines) is 1. The second-order valence-corrected chi connectivity index (χ2v) is 10.6. The van der Waals surface area contributed by atoms with Crippen molar-refractivity contribution in [1.82, 2.24) is 14.2 Å². The molecule has 1 atom stereocenters. The van der Waals surface area contributed by atoms with E-state index in [1.165, 1.54) is 4.31 Å². The van der Waals surface area contributed by atoms with E-state index in [4.69, 9.17) is 11.6 Å². The smallest absolute Gasteiger partial charge is 0.252 e. The molecule has 4 rings (SSSR count). The Morgan fingerprint density at radius 1 is 1.19 bits per heavy atom. The molecule has 9 heteroatoms. The predicted octanol–water partition coefficient (Wildman–Crippen LogP) is 2.75. The van der Waals surface area contributed by atoms with Crippen molar-refractivity contribution in [3.8, 4) is 0 Å². The summed E-state index contributed by atoms with van der Waals surface area (Å²) < 4.78 is 28.0. The molecule has 2 saturated heterocycles. The van der Waals surface area contributed by atoms with Crippen LogP contribution in [0.3, 0.4) is 0 Å². The average molecular weight is 412 g/mol. The molecule has 0 N–H and O–H groups in total. The summed E-state index contributed by atoms with van der Waals surface area (Å²) in [5.74, 6) is 0.0835. The number of carbonyl (C=O) groups is 1. The van der Waals surface area contributed by atoms with Crippen molar-refractivity contribution in [1.29, 1.82) is 0 Å². The van der Waals surface area contributed by atoms with Crippen LogP contribution in [0.15, 0.2) is 40.9 Å². The Balaban J connectivity index is 1.58. The van der Waals surface area contributed by atoms with Gasteiger partial charge in [-0.2, -0.15) is 4.31 Å². The zero-order chi connectivity index (χ0) is 18.4. The van der Waals surface area contributed by atoms with Crippen molar-refractivity contribution >= 4 is 38.9 Å². The molecule has 2 aromatic heterocycles. The number of sulfonamides is 1. The van der Waals surface area contributed by atoms with Crippen LogP contribution in [-0.4, -0.2) is 47.1 Å². The van der Waals surface area contributed by atoms with Crippen molar-refractivity contribution in [3.63, 3.8) is 0 Å². The summed E-state index contributed by atoms with van der Waals surface area (Å²) >= 11 is 6.97. The van der Waals surface area contributed by atoms with Crippen LogP contribution < -0.4 is 0 Å². The maximum atomic E-state index is 12.9. The van der Waals surface area contributed by atoms with E-state index >= 15 is 0 Å². The number of thiophene rings is 1. The van der Waals surface area contributed by atoms with E-state index in [0.29, 0.717) is 43.2 Å². The van der Waals surface area contributed by atoms with Gasteiger partial charge >= 0.3 is 0 Å². The average Bonchev–Trinajstić information content (AvgIpc) is 3.33. The summed E-state index contributed by atoms with van der Waals surface area (Å²) in [4.78, 5) is 18.4. The van der Waals surface area contributed by atoms with Crippen LogP contribution >= 0.6 is 22.9 Å². The largest absolute Gasteiger partial charge is 0.331 e. The molecule has 0 radical (unpaired) electrons. The second-order valence-electron chi connectivity index (χ2n) is 6.71. The van der Waals surface area contributed by atoms with Gasteiger partial charge in [0.1, 0.15) is 4.21 Å². The first kappa shape index (κ1) is 17.9. The van der Waals surface area contributed by atoms with Gasteiger partial charge in [0.15, 0.2) is 0 Å². The lowest BCUT2D eigenvalue weighted by Crippen LogP contribution is -2.47.